The topological polar surface area (TPSA) is 3.24 Å². The summed E-state index contributed by atoms with van der Waals surface area (Å²) in [7, 11) is 0. The Bertz CT molecular complexity index is 2290. The highest BCUT2D eigenvalue weighted by Crippen LogP contribution is 2.54. The van der Waals surface area contributed by atoms with Crippen LogP contribution in [-0.4, -0.2) is 0 Å². The van der Waals surface area contributed by atoms with Crippen molar-refractivity contribution in [1.29, 1.82) is 0 Å². The summed E-state index contributed by atoms with van der Waals surface area (Å²) in [5, 5.41) is 0. The molecule has 2 aliphatic rings. The molecule has 0 spiro atoms. The van der Waals surface area contributed by atoms with Crippen LogP contribution in [0.4, 0.5) is 17.1 Å². The Morgan fingerprint density at radius 3 is 1.29 bits per heavy atom. The molecule has 236 valence electrons. The molecule has 0 aliphatic heterocycles. The Morgan fingerprint density at radius 2 is 0.735 bits per heavy atom. The molecule has 0 radical (unpaired) electrons. The number of rotatable bonds is 5. The Morgan fingerprint density at radius 1 is 0.327 bits per heavy atom. The smallest absolute Gasteiger partial charge is 0.0540 e. The van der Waals surface area contributed by atoms with Crippen molar-refractivity contribution in [3.63, 3.8) is 0 Å². The number of hydrogen-bond donors (Lipinski definition) is 0. The molecule has 0 atom stereocenters. The monoisotopic (exact) mass is 629 g/mol. The first-order valence-electron chi connectivity index (χ1n) is 17.4. The van der Waals surface area contributed by atoms with Gasteiger partial charge < -0.3 is 4.90 Å². The van der Waals surface area contributed by atoms with Crippen molar-refractivity contribution in [3.8, 4) is 44.5 Å². The van der Waals surface area contributed by atoms with Crippen LogP contribution in [0.3, 0.4) is 0 Å². The van der Waals surface area contributed by atoms with Gasteiger partial charge in [0.15, 0.2) is 0 Å². The van der Waals surface area contributed by atoms with Crippen LogP contribution >= 0.6 is 0 Å². The van der Waals surface area contributed by atoms with Gasteiger partial charge in [0.2, 0.25) is 0 Å². The summed E-state index contributed by atoms with van der Waals surface area (Å²) >= 11 is 0. The third kappa shape index (κ3) is 4.46. The molecule has 0 heterocycles. The Kier molecular flexibility index (Phi) is 6.58. The molecule has 0 N–H and O–H groups in total. The molecule has 0 aromatic heterocycles. The van der Waals surface area contributed by atoms with Crippen molar-refractivity contribution in [2.24, 2.45) is 0 Å². The molecule has 1 nitrogen and oxygen atoms in total. The highest BCUT2D eigenvalue weighted by molar-refractivity contribution is 5.95. The van der Waals surface area contributed by atoms with E-state index >= 15 is 0 Å². The second kappa shape index (κ2) is 10.9. The van der Waals surface area contributed by atoms with E-state index in [2.05, 4.69) is 196 Å². The zero-order chi connectivity index (χ0) is 33.3. The van der Waals surface area contributed by atoms with Gasteiger partial charge in [0.05, 0.1) is 5.69 Å². The largest absolute Gasteiger partial charge is 0.310 e. The van der Waals surface area contributed by atoms with E-state index in [1.54, 1.807) is 0 Å². The van der Waals surface area contributed by atoms with Crippen molar-refractivity contribution in [2.45, 2.75) is 38.5 Å². The van der Waals surface area contributed by atoms with Crippen molar-refractivity contribution in [3.05, 3.63) is 186 Å². The maximum Gasteiger partial charge on any atom is 0.0540 e. The van der Waals surface area contributed by atoms with Crippen LogP contribution in [0.25, 0.3) is 44.5 Å². The summed E-state index contributed by atoms with van der Waals surface area (Å²) in [6.07, 6.45) is 0. The summed E-state index contributed by atoms with van der Waals surface area (Å²) in [5.41, 5.74) is 19.0. The fraction of sp³-hybridized carbons (Fsp3) is 0.125. The van der Waals surface area contributed by atoms with E-state index in [-0.39, 0.29) is 10.8 Å². The molecular weight excluding hydrogens is 591 g/mol. The van der Waals surface area contributed by atoms with Crippen molar-refractivity contribution >= 4 is 17.1 Å². The quantitative estimate of drug-likeness (QED) is 0.183. The normalized spacial score (nSPS) is 14.4. The lowest BCUT2D eigenvalue weighted by Crippen LogP contribution is -2.18. The van der Waals surface area contributed by atoms with E-state index in [1.807, 2.05) is 0 Å². The van der Waals surface area contributed by atoms with Gasteiger partial charge >= 0.3 is 0 Å². The minimum atomic E-state index is -0.103. The summed E-state index contributed by atoms with van der Waals surface area (Å²) in [6.45, 7) is 9.46. The molecule has 7 aromatic rings. The van der Waals surface area contributed by atoms with Crippen LogP contribution in [0, 0.1) is 0 Å². The van der Waals surface area contributed by atoms with E-state index in [0.717, 1.165) is 17.1 Å². The van der Waals surface area contributed by atoms with E-state index in [0.29, 0.717) is 0 Å². The van der Waals surface area contributed by atoms with Crippen LogP contribution < -0.4 is 4.90 Å². The summed E-state index contributed by atoms with van der Waals surface area (Å²) in [5.74, 6) is 0. The number of para-hydroxylation sites is 1. The third-order valence-corrected chi connectivity index (χ3v) is 11.1. The molecule has 0 amide bonds. The lowest BCUT2D eigenvalue weighted by Gasteiger charge is -2.31. The van der Waals surface area contributed by atoms with Crippen LogP contribution in [-0.2, 0) is 10.8 Å². The van der Waals surface area contributed by atoms with E-state index in [1.165, 1.54) is 66.8 Å². The van der Waals surface area contributed by atoms with E-state index in [4.69, 9.17) is 0 Å². The summed E-state index contributed by atoms with van der Waals surface area (Å²) in [6, 6.07) is 60.5. The van der Waals surface area contributed by atoms with Crippen molar-refractivity contribution in [1.82, 2.24) is 0 Å². The second-order valence-electron chi connectivity index (χ2n) is 14.6. The first kappa shape index (κ1) is 29.5. The predicted octanol–water partition coefficient (Wildman–Crippen LogP) is 13.1. The Labute approximate surface area is 290 Å². The molecular formula is C48H39N. The first-order valence-corrected chi connectivity index (χ1v) is 17.4. The lowest BCUT2D eigenvalue weighted by molar-refractivity contribution is 0.660. The third-order valence-electron chi connectivity index (χ3n) is 11.1. The van der Waals surface area contributed by atoms with Gasteiger partial charge in [-0.25, -0.2) is 0 Å². The van der Waals surface area contributed by atoms with Gasteiger partial charge in [-0.1, -0.05) is 161 Å². The highest BCUT2D eigenvalue weighted by atomic mass is 15.1. The van der Waals surface area contributed by atoms with Gasteiger partial charge in [-0.15, -0.1) is 0 Å². The molecule has 0 saturated heterocycles. The number of hydrogen-bond acceptors (Lipinski definition) is 1. The number of benzene rings is 7. The standard InChI is InChI=1S/C48H39N/c1-47(2)42-23-13-10-20-37(42)39-28-26-33(30-44(39)47)49(34-27-29-40-38-21-11-14-24-43(38)48(3,4)45(40)31-34)46-25-15-12-22-41(46)36-19-9-8-18-35(36)32-16-6-5-7-17-32/h5-31H,1-4H3. The average Bonchev–Trinajstić information content (AvgIpc) is 3.51. The van der Waals surface area contributed by atoms with Gasteiger partial charge in [-0.05, 0) is 91.5 Å². The number of nitrogens with zero attached hydrogens (tertiary/aromatic N) is 1. The predicted molar refractivity (Wildman–Crippen MR) is 207 cm³/mol. The summed E-state index contributed by atoms with van der Waals surface area (Å²) in [4.78, 5) is 2.50. The fourth-order valence-electron chi connectivity index (χ4n) is 8.57. The maximum atomic E-state index is 2.50. The number of fused-ring (bicyclic) bond motifs is 6. The SMILES string of the molecule is CC1(C)c2ccccc2-c2ccc(N(c3ccc4c(c3)C(C)(C)c3ccccc3-4)c3ccccc3-c3ccccc3-c3ccccc3)cc21. The number of anilines is 3. The Balaban J connectivity index is 1.29. The zero-order valence-electron chi connectivity index (χ0n) is 28.5. The van der Waals surface area contributed by atoms with Gasteiger partial charge in [0.25, 0.3) is 0 Å². The fourth-order valence-corrected chi connectivity index (χ4v) is 8.57. The minimum Gasteiger partial charge on any atom is -0.310 e. The molecule has 7 aromatic carbocycles. The minimum absolute atomic E-state index is 0.103. The first-order chi connectivity index (χ1) is 23.8. The van der Waals surface area contributed by atoms with Gasteiger partial charge in [-0.3, -0.25) is 0 Å². The maximum absolute atomic E-state index is 2.50. The van der Waals surface area contributed by atoms with Crippen molar-refractivity contribution < 1.29 is 0 Å². The zero-order valence-corrected chi connectivity index (χ0v) is 28.5. The van der Waals surface area contributed by atoms with Crippen LogP contribution in [0.5, 0.6) is 0 Å². The molecule has 0 unspecified atom stereocenters. The molecule has 9 rings (SSSR count). The molecule has 0 fully saturated rings. The van der Waals surface area contributed by atoms with Crippen LogP contribution in [0.15, 0.2) is 164 Å². The van der Waals surface area contributed by atoms with Gasteiger partial charge in [0.1, 0.15) is 0 Å². The average molecular weight is 630 g/mol. The highest BCUT2D eigenvalue weighted by Gasteiger charge is 2.38. The van der Waals surface area contributed by atoms with Crippen LogP contribution in [0.2, 0.25) is 0 Å². The van der Waals surface area contributed by atoms with E-state index < -0.39 is 0 Å². The molecule has 49 heavy (non-hydrogen) atoms. The Hall–Kier alpha value is -5.66. The summed E-state index contributed by atoms with van der Waals surface area (Å²) < 4.78 is 0. The van der Waals surface area contributed by atoms with Gasteiger partial charge in [-0.2, -0.15) is 0 Å². The lowest BCUT2D eigenvalue weighted by atomic mass is 9.82. The van der Waals surface area contributed by atoms with Crippen molar-refractivity contribution in [2.75, 3.05) is 4.90 Å². The molecule has 1 heteroatoms. The van der Waals surface area contributed by atoms with E-state index in [9.17, 15) is 0 Å². The molecule has 0 bridgehead atoms. The van der Waals surface area contributed by atoms with Crippen LogP contribution in [0.1, 0.15) is 49.9 Å². The second-order valence-corrected chi connectivity index (χ2v) is 14.6. The molecule has 2 aliphatic carbocycles. The van der Waals surface area contributed by atoms with Gasteiger partial charge in [0, 0.05) is 27.8 Å². The molecule has 0 saturated carbocycles.